The number of hydrogen-bond acceptors (Lipinski definition) is 3. The fraction of sp³-hybridized carbons (Fsp3) is 0.375. The first-order chi connectivity index (χ1) is 5.22. The van der Waals surface area contributed by atoms with E-state index in [1.165, 1.54) is 0 Å². The van der Waals surface area contributed by atoms with Gasteiger partial charge in [0, 0.05) is 11.1 Å². The predicted octanol–water partition coefficient (Wildman–Crippen LogP) is 2.79. The van der Waals surface area contributed by atoms with Gasteiger partial charge >= 0.3 is 0 Å². The van der Waals surface area contributed by atoms with Crippen molar-refractivity contribution in [3.05, 3.63) is 23.3 Å². The van der Waals surface area contributed by atoms with E-state index in [2.05, 4.69) is 23.8 Å². The summed E-state index contributed by atoms with van der Waals surface area (Å²) in [6.07, 6.45) is 0.943. The molecule has 0 saturated heterocycles. The lowest BCUT2D eigenvalue weighted by molar-refractivity contribution is 1.10. The fourth-order valence-corrected chi connectivity index (χ4v) is 1.39. The molecule has 0 spiro atoms. The Balaban J connectivity index is 2.57. The van der Waals surface area contributed by atoms with E-state index in [1.807, 2.05) is 12.3 Å². The van der Waals surface area contributed by atoms with Crippen LogP contribution in [0.4, 0.5) is 5.13 Å². The van der Waals surface area contributed by atoms with Gasteiger partial charge in [0.1, 0.15) is 0 Å². The van der Waals surface area contributed by atoms with Crippen molar-refractivity contribution in [3.8, 4) is 0 Å². The number of nitrogens with one attached hydrogen (secondary N) is 1. The van der Waals surface area contributed by atoms with Gasteiger partial charge < -0.3 is 5.32 Å². The van der Waals surface area contributed by atoms with Crippen molar-refractivity contribution >= 4 is 16.5 Å². The van der Waals surface area contributed by atoms with Crippen LogP contribution in [0, 0.1) is 6.92 Å². The number of nitrogens with zero attached hydrogens (tertiary/aromatic N) is 1. The Kier molecular flexibility index (Phi) is 2.65. The molecule has 0 unspecified atom stereocenters. The van der Waals surface area contributed by atoms with Gasteiger partial charge in [-0.15, -0.1) is 11.3 Å². The number of thiazole rings is 1. The van der Waals surface area contributed by atoms with Crippen molar-refractivity contribution in [1.29, 1.82) is 0 Å². The Morgan fingerprint density at radius 3 is 3.00 bits per heavy atom. The van der Waals surface area contributed by atoms with Gasteiger partial charge in [0.2, 0.25) is 0 Å². The molecule has 0 aliphatic rings. The van der Waals surface area contributed by atoms with E-state index in [0.717, 1.165) is 22.9 Å². The molecular weight excluding hydrogens is 156 g/mol. The van der Waals surface area contributed by atoms with Gasteiger partial charge in [0.15, 0.2) is 5.13 Å². The molecule has 1 heterocycles. The molecule has 1 aromatic heterocycles. The summed E-state index contributed by atoms with van der Waals surface area (Å²) in [4.78, 5) is 4.25. The van der Waals surface area contributed by atoms with Crippen LogP contribution in [0.2, 0.25) is 0 Å². The standard InChI is InChI=1S/C8H12N2S/c1-4-6(2)9-8-10-7(3)5-11-8/h5H,2,4H2,1,3H3,(H,9,10). The highest BCUT2D eigenvalue weighted by Crippen LogP contribution is 2.16. The molecule has 0 radical (unpaired) electrons. The SMILES string of the molecule is C=C(CC)Nc1nc(C)cs1. The monoisotopic (exact) mass is 168 g/mol. The first-order valence-corrected chi connectivity index (χ1v) is 4.47. The van der Waals surface area contributed by atoms with Crippen molar-refractivity contribution in [2.75, 3.05) is 5.32 Å². The van der Waals surface area contributed by atoms with Gasteiger partial charge in [-0.2, -0.15) is 0 Å². The minimum absolute atomic E-state index is 0.939. The number of aromatic nitrogens is 1. The molecule has 1 rings (SSSR count). The van der Waals surface area contributed by atoms with Crippen molar-refractivity contribution in [2.24, 2.45) is 0 Å². The second-order valence-electron chi connectivity index (χ2n) is 2.38. The number of aryl methyl sites for hydroxylation is 1. The summed E-state index contributed by atoms with van der Waals surface area (Å²) in [7, 11) is 0. The van der Waals surface area contributed by atoms with Gasteiger partial charge in [-0.1, -0.05) is 13.5 Å². The summed E-state index contributed by atoms with van der Waals surface area (Å²) in [5.41, 5.74) is 2.07. The summed E-state index contributed by atoms with van der Waals surface area (Å²) in [5, 5.41) is 6.08. The Morgan fingerprint density at radius 1 is 1.82 bits per heavy atom. The average molecular weight is 168 g/mol. The molecule has 0 saturated carbocycles. The lowest BCUT2D eigenvalue weighted by Crippen LogP contribution is -1.95. The third kappa shape index (κ3) is 2.35. The maximum atomic E-state index is 4.25. The molecule has 3 heteroatoms. The zero-order valence-corrected chi connectivity index (χ0v) is 7.66. The Morgan fingerprint density at radius 2 is 2.55 bits per heavy atom. The molecule has 2 nitrogen and oxygen atoms in total. The van der Waals surface area contributed by atoms with Gasteiger partial charge in [-0.25, -0.2) is 4.98 Å². The zero-order chi connectivity index (χ0) is 8.27. The molecule has 0 atom stereocenters. The summed E-state index contributed by atoms with van der Waals surface area (Å²) < 4.78 is 0. The molecule has 0 aromatic carbocycles. The molecule has 0 aliphatic carbocycles. The molecule has 1 N–H and O–H groups in total. The molecule has 0 fully saturated rings. The molecule has 11 heavy (non-hydrogen) atoms. The molecule has 0 bridgehead atoms. The normalized spacial score (nSPS) is 9.64. The quantitative estimate of drug-likeness (QED) is 0.750. The summed E-state index contributed by atoms with van der Waals surface area (Å²) in [5.74, 6) is 0. The summed E-state index contributed by atoms with van der Waals surface area (Å²) in [6, 6.07) is 0. The number of hydrogen-bond donors (Lipinski definition) is 1. The second-order valence-corrected chi connectivity index (χ2v) is 3.23. The van der Waals surface area contributed by atoms with Crippen LogP contribution in [0.3, 0.4) is 0 Å². The topological polar surface area (TPSA) is 24.9 Å². The van der Waals surface area contributed by atoms with Crippen LogP contribution < -0.4 is 5.32 Å². The van der Waals surface area contributed by atoms with E-state index in [4.69, 9.17) is 0 Å². The zero-order valence-electron chi connectivity index (χ0n) is 6.85. The summed E-state index contributed by atoms with van der Waals surface area (Å²) in [6.45, 7) is 7.88. The van der Waals surface area contributed by atoms with E-state index < -0.39 is 0 Å². The highest BCUT2D eigenvalue weighted by atomic mass is 32.1. The maximum absolute atomic E-state index is 4.25. The van der Waals surface area contributed by atoms with Crippen molar-refractivity contribution < 1.29 is 0 Å². The number of allylic oxidation sites excluding steroid dienone is 1. The van der Waals surface area contributed by atoms with E-state index >= 15 is 0 Å². The number of anilines is 1. The lowest BCUT2D eigenvalue weighted by Gasteiger charge is -2.01. The van der Waals surface area contributed by atoms with Crippen LogP contribution in [0.5, 0.6) is 0 Å². The van der Waals surface area contributed by atoms with E-state index in [1.54, 1.807) is 11.3 Å². The first kappa shape index (κ1) is 8.27. The first-order valence-electron chi connectivity index (χ1n) is 3.59. The van der Waals surface area contributed by atoms with Gasteiger partial charge in [0.25, 0.3) is 0 Å². The van der Waals surface area contributed by atoms with Crippen LogP contribution in [-0.2, 0) is 0 Å². The summed E-state index contributed by atoms with van der Waals surface area (Å²) >= 11 is 1.61. The molecular formula is C8H12N2S. The predicted molar refractivity (Wildman–Crippen MR) is 49.9 cm³/mol. The van der Waals surface area contributed by atoms with Crippen LogP contribution in [-0.4, -0.2) is 4.98 Å². The highest BCUT2D eigenvalue weighted by molar-refractivity contribution is 7.13. The van der Waals surface area contributed by atoms with Gasteiger partial charge in [0.05, 0.1) is 5.69 Å². The molecule has 1 aromatic rings. The Bertz CT molecular complexity index is 252. The molecule has 60 valence electrons. The minimum Gasteiger partial charge on any atom is -0.336 e. The number of rotatable bonds is 3. The van der Waals surface area contributed by atoms with Crippen LogP contribution in [0.1, 0.15) is 19.0 Å². The Hall–Kier alpha value is -0.830. The van der Waals surface area contributed by atoms with Crippen LogP contribution >= 0.6 is 11.3 Å². The van der Waals surface area contributed by atoms with E-state index in [0.29, 0.717) is 0 Å². The second kappa shape index (κ2) is 3.53. The van der Waals surface area contributed by atoms with E-state index in [9.17, 15) is 0 Å². The lowest BCUT2D eigenvalue weighted by atomic mass is 10.4. The Labute approximate surface area is 71.0 Å². The molecule has 0 amide bonds. The average Bonchev–Trinajstić information content (AvgIpc) is 2.35. The van der Waals surface area contributed by atoms with Gasteiger partial charge in [-0.05, 0) is 13.3 Å². The maximum Gasteiger partial charge on any atom is 0.187 e. The third-order valence-corrected chi connectivity index (χ3v) is 2.21. The van der Waals surface area contributed by atoms with Crippen LogP contribution in [0.25, 0.3) is 0 Å². The van der Waals surface area contributed by atoms with Crippen molar-refractivity contribution in [3.63, 3.8) is 0 Å². The largest absolute Gasteiger partial charge is 0.336 e. The van der Waals surface area contributed by atoms with Crippen molar-refractivity contribution in [1.82, 2.24) is 4.98 Å². The third-order valence-electron chi connectivity index (χ3n) is 1.33. The van der Waals surface area contributed by atoms with Crippen LogP contribution in [0.15, 0.2) is 17.7 Å². The van der Waals surface area contributed by atoms with Crippen molar-refractivity contribution in [2.45, 2.75) is 20.3 Å². The fourth-order valence-electron chi connectivity index (χ4n) is 0.651. The molecule has 0 aliphatic heterocycles. The minimum atomic E-state index is 0.939. The smallest absolute Gasteiger partial charge is 0.187 e. The van der Waals surface area contributed by atoms with E-state index in [-0.39, 0.29) is 0 Å². The highest BCUT2D eigenvalue weighted by Gasteiger charge is 1.96. The van der Waals surface area contributed by atoms with Gasteiger partial charge in [-0.3, -0.25) is 0 Å².